The number of ether oxygens (including phenoxy) is 2. The Morgan fingerprint density at radius 1 is 1.12 bits per heavy atom. The molecule has 5 heteroatoms. The number of anilines is 1. The lowest BCUT2D eigenvalue weighted by Crippen LogP contribution is -2.26. The van der Waals surface area contributed by atoms with Crippen LogP contribution in [0.2, 0.25) is 0 Å². The fraction of sp³-hybridized carbons (Fsp3) is 0.381. The van der Waals surface area contributed by atoms with Crippen LogP contribution in [0.4, 0.5) is 5.69 Å². The van der Waals surface area contributed by atoms with Gasteiger partial charge in [0, 0.05) is 23.7 Å². The van der Waals surface area contributed by atoms with Crippen molar-refractivity contribution in [1.29, 1.82) is 0 Å². The van der Waals surface area contributed by atoms with Crippen molar-refractivity contribution in [3.63, 3.8) is 0 Å². The molecule has 138 valence electrons. The van der Waals surface area contributed by atoms with Gasteiger partial charge in [0.1, 0.15) is 12.4 Å². The molecule has 0 aromatic heterocycles. The van der Waals surface area contributed by atoms with E-state index in [1.165, 1.54) is 11.3 Å². The number of hydrogen-bond acceptors (Lipinski definition) is 4. The van der Waals surface area contributed by atoms with E-state index in [4.69, 9.17) is 9.47 Å². The van der Waals surface area contributed by atoms with Crippen molar-refractivity contribution in [2.45, 2.75) is 36.7 Å². The van der Waals surface area contributed by atoms with Crippen LogP contribution in [0.5, 0.6) is 5.75 Å². The molecule has 0 spiro atoms. The number of hydrogen-bond donors (Lipinski definition) is 1. The highest BCUT2D eigenvalue weighted by atomic mass is 32.2. The maximum Gasteiger partial charge on any atom is 0.225 e. The number of benzene rings is 2. The molecule has 1 unspecified atom stereocenters. The number of amides is 1. The van der Waals surface area contributed by atoms with E-state index in [2.05, 4.69) is 17.4 Å². The van der Waals surface area contributed by atoms with Gasteiger partial charge < -0.3 is 14.8 Å². The summed E-state index contributed by atoms with van der Waals surface area (Å²) < 4.78 is 11.6. The lowest BCUT2D eigenvalue weighted by molar-refractivity contribution is -0.115. The molecular formula is C21H25NO3S. The number of thioether (sulfide) groups is 1. The first kappa shape index (κ1) is 18.8. The highest BCUT2D eigenvalue weighted by Gasteiger charge is 2.15. The highest BCUT2D eigenvalue weighted by Crippen LogP contribution is 2.25. The van der Waals surface area contributed by atoms with E-state index < -0.39 is 0 Å². The Balaban J connectivity index is 1.46. The number of carbonyl (C=O) groups excluding carboxylic acids is 1. The first-order chi connectivity index (χ1) is 12.8. The van der Waals surface area contributed by atoms with Crippen LogP contribution in [0.25, 0.3) is 0 Å². The van der Waals surface area contributed by atoms with Gasteiger partial charge in [-0.15, -0.1) is 11.8 Å². The zero-order valence-corrected chi connectivity index (χ0v) is 15.7. The third-order valence-electron chi connectivity index (χ3n) is 4.20. The third-order valence-corrected chi connectivity index (χ3v) is 5.21. The van der Waals surface area contributed by atoms with Gasteiger partial charge in [-0.1, -0.05) is 30.3 Å². The summed E-state index contributed by atoms with van der Waals surface area (Å²) in [6.07, 6.45) is 3.95. The van der Waals surface area contributed by atoms with E-state index in [1.807, 2.05) is 42.5 Å². The Bertz CT molecular complexity index is 687. The topological polar surface area (TPSA) is 47.6 Å². The molecule has 1 aliphatic heterocycles. The average molecular weight is 372 g/mol. The fourth-order valence-electron chi connectivity index (χ4n) is 2.81. The van der Waals surface area contributed by atoms with E-state index in [9.17, 15) is 4.79 Å². The standard InChI is InChI=1S/C21H25NO3S/c23-21(13-15-26-18-9-2-1-3-10-18)22-19-11-4-5-12-20(19)25-16-17-8-6-7-14-24-17/h1-5,9-12,17H,6-8,13-16H2,(H,22,23). The van der Waals surface area contributed by atoms with Gasteiger partial charge in [-0.25, -0.2) is 0 Å². The van der Waals surface area contributed by atoms with Crippen LogP contribution in [-0.4, -0.2) is 31.0 Å². The molecule has 1 aliphatic rings. The zero-order chi connectivity index (χ0) is 18.0. The van der Waals surface area contributed by atoms with E-state index in [1.54, 1.807) is 11.8 Å². The van der Waals surface area contributed by atoms with Crippen LogP contribution in [0.1, 0.15) is 25.7 Å². The lowest BCUT2D eigenvalue weighted by atomic mass is 10.1. The molecule has 2 aromatic carbocycles. The van der Waals surface area contributed by atoms with Crippen molar-refractivity contribution < 1.29 is 14.3 Å². The molecule has 1 fully saturated rings. The van der Waals surface area contributed by atoms with Crippen molar-refractivity contribution in [1.82, 2.24) is 0 Å². The first-order valence-electron chi connectivity index (χ1n) is 9.12. The molecular weight excluding hydrogens is 346 g/mol. The van der Waals surface area contributed by atoms with Gasteiger partial charge in [0.2, 0.25) is 5.91 Å². The molecule has 1 heterocycles. The van der Waals surface area contributed by atoms with Gasteiger partial charge in [0.15, 0.2) is 0 Å². The second-order valence-corrected chi connectivity index (χ2v) is 7.42. The monoisotopic (exact) mass is 371 g/mol. The molecule has 1 amide bonds. The number of nitrogens with one attached hydrogen (secondary N) is 1. The largest absolute Gasteiger partial charge is 0.489 e. The Morgan fingerprint density at radius 2 is 1.92 bits per heavy atom. The van der Waals surface area contributed by atoms with Gasteiger partial charge in [0.05, 0.1) is 11.8 Å². The molecule has 0 aliphatic carbocycles. The van der Waals surface area contributed by atoms with Crippen LogP contribution in [-0.2, 0) is 9.53 Å². The minimum Gasteiger partial charge on any atom is -0.489 e. The second-order valence-electron chi connectivity index (χ2n) is 6.26. The molecule has 1 saturated heterocycles. The normalized spacial score (nSPS) is 16.8. The van der Waals surface area contributed by atoms with Gasteiger partial charge in [-0.05, 0) is 43.5 Å². The summed E-state index contributed by atoms with van der Waals surface area (Å²) in [5.41, 5.74) is 0.720. The Morgan fingerprint density at radius 3 is 2.73 bits per heavy atom. The van der Waals surface area contributed by atoms with Crippen molar-refractivity contribution in [3.8, 4) is 5.75 Å². The van der Waals surface area contributed by atoms with Crippen molar-refractivity contribution in [3.05, 3.63) is 54.6 Å². The zero-order valence-electron chi connectivity index (χ0n) is 14.9. The summed E-state index contributed by atoms with van der Waals surface area (Å²) in [6.45, 7) is 1.34. The fourth-order valence-corrected chi connectivity index (χ4v) is 3.68. The van der Waals surface area contributed by atoms with E-state index >= 15 is 0 Å². The van der Waals surface area contributed by atoms with Gasteiger partial charge >= 0.3 is 0 Å². The second kappa shape index (κ2) is 10.2. The van der Waals surface area contributed by atoms with E-state index in [0.717, 1.165) is 30.9 Å². The molecule has 1 N–H and O–H groups in total. The third kappa shape index (κ3) is 6.07. The average Bonchev–Trinajstić information content (AvgIpc) is 2.69. The first-order valence-corrected chi connectivity index (χ1v) is 10.1. The molecule has 0 saturated carbocycles. The molecule has 1 atom stereocenters. The smallest absolute Gasteiger partial charge is 0.225 e. The predicted octanol–water partition coefficient (Wildman–Crippen LogP) is 4.76. The quantitative estimate of drug-likeness (QED) is 0.680. The molecule has 0 bridgehead atoms. The molecule has 3 rings (SSSR count). The van der Waals surface area contributed by atoms with Crippen molar-refractivity contribution >= 4 is 23.4 Å². The molecule has 2 aromatic rings. The van der Waals surface area contributed by atoms with Crippen LogP contribution in [0.15, 0.2) is 59.5 Å². The summed E-state index contributed by atoms with van der Waals surface area (Å²) in [6, 6.07) is 17.7. The van der Waals surface area contributed by atoms with Gasteiger partial charge in [0.25, 0.3) is 0 Å². The Hall–Kier alpha value is -1.98. The molecule has 4 nitrogen and oxygen atoms in total. The highest BCUT2D eigenvalue weighted by molar-refractivity contribution is 7.99. The lowest BCUT2D eigenvalue weighted by Gasteiger charge is -2.23. The Labute approximate surface area is 159 Å². The van der Waals surface area contributed by atoms with Crippen LogP contribution < -0.4 is 10.1 Å². The number of carbonyl (C=O) groups is 1. The maximum atomic E-state index is 12.3. The minimum absolute atomic E-state index is 0.00148. The van der Waals surface area contributed by atoms with Crippen molar-refractivity contribution in [2.75, 3.05) is 24.3 Å². The number of para-hydroxylation sites is 2. The van der Waals surface area contributed by atoms with E-state index in [0.29, 0.717) is 18.8 Å². The SMILES string of the molecule is O=C(CCSc1ccccc1)Nc1ccccc1OCC1CCCCO1. The summed E-state index contributed by atoms with van der Waals surface area (Å²) in [4.78, 5) is 13.4. The summed E-state index contributed by atoms with van der Waals surface area (Å²) >= 11 is 1.68. The minimum atomic E-state index is -0.00148. The van der Waals surface area contributed by atoms with Gasteiger partial charge in [-0.3, -0.25) is 4.79 Å². The maximum absolute atomic E-state index is 12.3. The summed E-state index contributed by atoms with van der Waals surface area (Å²) in [5, 5.41) is 2.97. The summed E-state index contributed by atoms with van der Waals surface area (Å²) in [7, 11) is 0. The van der Waals surface area contributed by atoms with Crippen LogP contribution in [0.3, 0.4) is 0 Å². The Kier molecular flexibility index (Phi) is 7.40. The van der Waals surface area contributed by atoms with Crippen LogP contribution >= 0.6 is 11.8 Å². The predicted molar refractivity (Wildman–Crippen MR) is 106 cm³/mol. The van der Waals surface area contributed by atoms with Crippen molar-refractivity contribution in [2.24, 2.45) is 0 Å². The summed E-state index contributed by atoms with van der Waals surface area (Å²) in [5.74, 6) is 1.44. The molecule has 26 heavy (non-hydrogen) atoms. The van der Waals surface area contributed by atoms with E-state index in [-0.39, 0.29) is 12.0 Å². The number of rotatable bonds is 8. The van der Waals surface area contributed by atoms with Gasteiger partial charge in [-0.2, -0.15) is 0 Å². The molecule has 0 radical (unpaired) electrons. The van der Waals surface area contributed by atoms with Crippen LogP contribution in [0, 0.1) is 0 Å².